The lowest BCUT2D eigenvalue weighted by Gasteiger charge is -2.24. The van der Waals surface area contributed by atoms with Crippen molar-refractivity contribution < 1.29 is 24.2 Å². The molecule has 1 fully saturated rings. The number of imide groups is 1. The molecule has 0 unspecified atom stereocenters. The van der Waals surface area contributed by atoms with E-state index in [-0.39, 0.29) is 23.8 Å². The molecule has 0 radical (unpaired) electrons. The molecule has 0 saturated carbocycles. The number of aryl methyl sites for hydroxylation is 1. The lowest BCUT2D eigenvalue weighted by Crippen LogP contribution is -2.46. The molecule has 1 aliphatic heterocycles. The lowest BCUT2D eigenvalue weighted by atomic mass is 10.1. The maximum absolute atomic E-state index is 11.7. The van der Waals surface area contributed by atoms with Gasteiger partial charge in [0, 0.05) is 4.88 Å². The van der Waals surface area contributed by atoms with Gasteiger partial charge in [-0.2, -0.15) is 0 Å². The van der Waals surface area contributed by atoms with Gasteiger partial charge in [0.05, 0.1) is 5.56 Å². The number of thiophene rings is 1. The Labute approximate surface area is 107 Å². The molecule has 2 heterocycles. The Morgan fingerprint density at radius 3 is 2.33 bits per heavy atom. The highest BCUT2D eigenvalue weighted by Gasteiger charge is 2.34. The summed E-state index contributed by atoms with van der Waals surface area (Å²) in [6.45, 7) is 3.00. The molecule has 0 bridgehead atoms. The monoisotopic (exact) mass is 269 g/mol. The Hall–Kier alpha value is -1.73. The first kappa shape index (κ1) is 12.7. The number of anilines is 1. The number of aromatic carboxylic acids is 1. The van der Waals surface area contributed by atoms with Gasteiger partial charge in [0.25, 0.3) is 11.8 Å². The number of amides is 2. The summed E-state index contributed by atoms with van der Waals surface area (Å²) in [5, 5.41) is 9.37. The number of carboxylic acids is 1. The third kappa shape index (κ3) is 1.91. The summed E-state index contributed by atoms with van der Waals surface area (Å²) in [7, 11) is 0. The summed E-state index contributed by atoms with van der Waals surface area (Å²) >= 11 is 1.13. The minimum Gasteiger partial charge on any atom is -0.478 e. The van der Waals surface area contributed by atoms with E-state index >= 15 is 0 Å². The zero-order chi connectivity index (χ0) is 13.4. The second-order valence-electron chi connectivity index (χ2n) is 3.88. The third-order valence-electron chi connectivity index (χ3n) is 2.73. The standard InChI is InChI=1S/C11H11NO5S/c1-5-6(2)18-10(9(5)11(15)16)12-7(13)3-17-4-8(12)14/h3-4H2,1-2H3,(H,15,16). The fraction of sp³-hybridized carbons (Fsp3) is 0.364. The Morgan fingerprint density at radius 2 is 1.83 bits per heavy atom. The van der Waals surface area contributed by atoms with E-state index in [9.17, 15) is 19.5 Å². The molecule has 18 heavy (non-hydrogen) atoms. The van der Waals surface area contributed by atoms with Gasteiger partial charge in [-0.05, 0) is 19.4 Å². The molecule has 2 rings (SSSR count). The van der Waals surface area contributed by atoms with E-state index < -0.39 is 17.8 Å². The van der Waals surface area contributed by atoms with Crippen LogP contribution in [0, 0.1) is 13.8 Å². The van der Waals surface area contributed by atoms with E-state index in [1.807, 2.05) is 0 Å². The summed E-state index contributed by atoms with van der Waals surface area (Å²) in [6.07, 6.45) is 0. The van der Waals surface area contributed by atoms with Crippen LogP contribution in [-0.2, 0) is 14.3 Å². The fourth-order valence-corrected chi connectivity index (χ4v) is 2.92. The van der Waals surface area contributed by atoms with Crippen molar-refractivity contribution >= 4 is 34.1 Å². The van der Waals surface area contributed by atoms with Gasteiger partial charge >= 0.3 is 5.97 Å². The Balaban J connectivity index is 2.56. The SMILES string of the molecule is Cc1sc(N2C(=O)COCC2=O)c(C(=O)O)c1C. The summed E-state index contributed by atoms with van der Waals surface area (Å²) in [4.78, 5) is 36.3. The van der Waals surface area contributed by atoms with Gasteiger partial charge in [-0.15, -0.1) is 11.3 Å². The van der Waals surface area contributed by atoms with Crippen LogP contribution in [-0.4, -0.2) is 36.1 Å². The van der Waals surface area contributed by atoms with Crippen LogP contribution in [0.5, 0.6) is 0 Å². The Kier molecular flexibility index (Phi) is 3.18. The van der Waals surface area contributed by atoms with Crippen molar-refractivity contribution in [1.29, 1.82) is 0 Å². The molecule has 0 aromatic carbocycles. The molecular formula is C11H11NO5S. The van der Waals surface area contributed by atoms with Gasteiger partial charge in [-0.25, -0.2) is 9.69 Å². The molecule has 1 aliphatic rings. The zero-order valence-corrected chi connectivity index (χ0v) is 10.7. The van der Waals surface area contributed by atoms with Crippen molar-refractivity contribution in [3.05, 3.63) is 16.0 Å². The number of ether oxygens (including phenoxy) is 1. The second kappa shape index (κ2) is 4.51. The number of carboxylic acid groups (broad SMARTS) is 1. The summed E-state index contributed by atoms with van der Waals surface area (Å²) in [6, 6.07) is 0. The summed E-state index contributed by atoms with van der Waals surface area (Å²) < 4.78 is 4.80. The topological polar surface area (TPSA) is 83.9 Å². The fourth-order valence-electron chi connectivity index (χ4n) is 1.74. The van der Waals surface area contributed by atoms with Crippen LogP contribution in [0.2, 0.25) is 0 Å². The van der Waals surface area contributed by atoms with Crippen molar-refractivity contribution in [2.45, 2.75) is 13.8 Å². The highest BCUT2D eigenvalue weighted by Crippen LogP contribution is 2.36. The van der Waals surface area contributed by atoms with Crippen LogP contribution in [0.1, 0.15) is 20.8 Å². The lowest BCUT2D eigenvalue weighted by molar-refractivity contribution is -0.138. The molecule has 1 saturated heterocycles. The molecule has 1 aromatic rings. The van der Waals surface area contributed by atoms with E-state index in [0.29, 0.717) is 5.56 Å². The third-order valence-corrected chi connectivity index (χ3v) is 3.93. The maximum atomic E-state index is 11.7. The summed E-state index contributed by atoms with van der Waals surface area (Å²) in [5.74, 6) is -2.20. The molecule has 0 spiro atoms. The quantitative estimate of drug-likeness (QED) is 0.808. The zero-order valence-electron chi connectivity index (χ0n) is 9.85. The number of carbonyl (C=O) groups excluding carboxylic acids is 2. The van der Waals surface area contributed by atoms with Gasteiger partial charge in [0.2, 0.25) is 0 Å². The van der Waals surface area contributed by atoms with E-state index in [2.05, 4.69) is 0 Å². The van der Waals surface area contributed by atoms with E-state index in [1.54, 1.807) is 13.8 Å². The minimum absolute atomic E-state index is 0.0149. The average Bonchev–Trinajstić information content (AvgIpc) is 2.55. The number of nitrogens with zero attached hydrogens (tertiary/aromatic N) is 1. The number of morpholine rings is 1. The van der Waals surface area contributed by atoms with Crippen LogP contribution in [0.3, 0.4) is 0 Å². The van der Waals surface area contributed by atoms with Gasteiger partial charge in [0.1, 0.15) is 18.2 Å². The first-order valence-electron chi connectivity index (χ1n) is 5.20. The predicted molar refractivity (Wildman–Crippen MR) is 64.1 cm³/mol. The van der Waals surface area contributed by atoms with E-state index in [4.69, 9.17) is 4.74 Å². The average molecular weight is 269 g/mol. The van der Waals surface area contributed by atoms with Crippen molar-refractivity contribution in [3.63, 3.8) is 0 Å². The van der Waals surface area contributed by atoms with Gasteiger partial charge in [-0.1, -0.05) is 0 Å². The highest BCUT2D eigenvalue weighted by atomic mass is 32.1. The van der Waals surface area contributed by atoms with Crippen LogP contribution < -0.4 is 4.90 Å². The maximum Gasteiger partial charge on any atom is 0.339 e. The van der Waals surface area contributed by atoms with Gasteiger partial charge < -0.3 is 9.84 Å². The minimum atomic E-state index is -1.14. The molecule has 6 nitrogen and oxygen atoms in total. The largest absolute Gasteiger partial charge is 0.478 e. The summed E-state index contributed by atoms with van der Waals surface area (Å²) in [5.41, 5.74) is 0.593. The van der Waals surface area contributed by atoms with E-state index in [1.165, 1.54) is 0 Å². The first-order chi connectivity index (χ1) is 8.43. The molecule has 0 aliphatic carbocycles. The molecule has 1 N–H and O–H groups in total. The number of rotatable bonds is 2. The van der Waals surface area contributed by atoms with Crippen LogP contribution in [0.15, 0.2) is 0 Å². The second-order valence-corrected chi connectivity index (χ2v) is 5.09. The first-order valence-corrected chi connectivity index (χ1v) is 6.02. The van der Waals surface area contributed by atoms with E-state index in [0.717, 1.165) is 21.1 Å². The molecule has 96 valence electrons. The van der Waals surface area contributed by atoms with Crippen molar-refractivity contribution in [3.8, 4) is 0 Å². The normalized spacial score (nSPS) is 16.2. The van der Waals surface area contributed by atoms with Crippen LogP contribution >= 0.6 is 11.3 Å². The van der Waals surface area contributed by atoms with Crippen molar-refractivity contribution in [2.75, 3.05) is 18.1 Å². The number of hydrogen-bond donors (Lipinski definition) is 1. The predicted octanol–water partition coefficient (Wildman–Crippen LogP) is 0.953. The van der Waals surface area contributed by atoms with Crippen LogP contribution in [0.25, 0.3) is 0 Å². The molecule has 1 aromatic heterocycles. The molecule has 0 atom stereocenters. The highest BCUT2D eigenvalue weighted by molar-refractivity contribution is 7.17. The van der Waals surface area contributed by atoms with Crippen molar-refractivity contribution in [1.82, 2.24) is 0 Å². The Bertz CT molecular complexity index is 532. The molecular weight excluding hydrogens is 258 g/mol. The smallest absolute Gasteiger partial charge is 0.339 e. The van der Waals surface area contributed by atoms with Crippen molar-refractivity contribution in [2.24, 2.45) is 0 Å². The number of hydrogen-bond acceptors (Lipinski definition) is 5. The van der Waals surface area contributed by atoms with Gasteiger partial charge in [-0.3, -0.25) is 9.59 Å². The van der Waals surface area contributed by atoms with Crippen LogP contribution in [0.4, 0.5) is 5.00 Å². The molecule has 2 amide bonds. The number of carbonyl (C=O) groups is 3. The van der Waals surface area contributed by atoms with Gasteiger partial charge in [0.15, 0.2) is 0 Å². The molecule has 7 heteroatoms. The Morgan fingerprint density at radius 1 is 1.28 bits per heavy atom.